The summed E-state index contributed by atoms with van der Waals surface area (Å²) in [4.78, 5) is 8.43. The van der Waals surface area contributed by atoms with Crippen LogP contribution in [-0.4, -0.2) is 16.5 Å². The lowest BCUT2D eigenvalue weighted by Crippen LogP contribution is -2.03. The Morgan fingerprint density at radius 3 is 2.63 bits per heavy atom. The molecule has 0 aliphatic rings. The van der Waals surface area contributed by atoms with Crippen LogP contribution in [0.25, 0.3) is 0 Å². The van der Waals surface area contributed by atoms with Gasteiger partial charge < -0.3 is 10.6 Å². The molecule has 0 atom stereocenters. The fourth-order valence-electron chi connectivity index (χ4n) is 1.45. The number of hydrogen-bond donors (Lipinski definition) is 2. The predicted octanol–water partition coefficient (Wildman–Crippen LogP) is 4.12. The summed E-state index contributed by atoms with van der Waals surface area (Å²) in [5.41, 5.74) is 0.735. The zero-order valence-corrected chi connectivity index (χ0v) is 11.5. The van der Waals surface area contributed by atoms with E-state index in [9.17, 15) is 0 Å². The molecular formula is C13H12Cl2N4. The molecule has 6 heteroatoms. The van der Waals surface area contributed by atoms with Crippen molar-refractivity contribution < 1.29 is 0 Å². The first-order chi connectivity index (χ1) is 9.17. The van der Waals surface area contributed by atoms with Gasteiger partial charge in [-0.25, -0.2) is 4.98 Å². The van der Waals surface area contributed by atoms with E-state index in [0.29, 0.717) is 28.4 Å². The summed E-state index contributed by atoms with van der Waals surface area (Å²) in [5.74, 6) is 1.18. The zero-order valence-electron chi connectivity index (χ0n) is 10.0. The molecule has 19 heavy (non-hydrogen) atoms. The third-order valence-corrected chi connectivity index (χ3v) is 2.64. The maximum absolute atomic E-state index is 5.93. The molecule has 0 saturated heterocycles. The van der Waals surface area contributed by atoms with Crippen LogP contribution >= 0.6 is 23.2 Å². The van der Waals surface area contributed by atoms with Gasteiger partial charge in [0, 0.05) is 28.5 Å². The van der Waals surface area contributed by atoms with Gasteiger partial charge in [0.1, 0.15) is 5.82 Å². The number of rotatable bonds is 5. The molecule has 0 saturated carbocycles. The number of halogens is 2. The van der Waals surface area contributed by atoms with Gasteiger partial charge >= 0.3 is 0 Å². The van der Waals surface area contributed by atoms with Crippen molar-refractivity contribution in [3.8, 4) is 0 Å². The van der Waals surface area contributed by atoms with Gasteiger partial charge in [-0.1, -0.05) is 29.3 Å². The molecule has 0 aliphatic heterocycles. The minimum absolute atomic E-state index is 0.465. The third kappa shape index (κ3) is 4.12. The molecule has 2 rings (SSSR count). The van der Waals surface area contributed by atoms with Crippen LogP contribution < -0.4 is 10.6 Å². The summed E-state index contributed by atoms with van der Waals surface area (Å²) in [6.45, 7) is 4.27. The van der Waals surface area contributed by atoms with Crippen molar-refractivity contribution in [3.63, 3.8) is 0 Å². The zero-order chi connectivity index (χ0) is 13.7. The second-order valence-electron chi connectivity index (χ2n) is 3.72. The minimum atomic E-state index is 0.465. The van der Waals surface area contributed by atoms with Crippen molar-refractivity contribution in [3.05, 3.63) is 53.2 Å². The highest BCUT2D eigenvalue weighted by atomic mass is 35.5. The molecule has 98 valence electrons. The van der Waals surface area contributed by atoms with Crippen LogP contribution in [0.5, 0.6) is 0 Å². The van der Waals surface area contributed by atoms with Crippen molar-refractivity contribution in [2.24, 2.45) is 0 Å². The van der Waals surface area contributed by atoms with E-state index in [2.05, 4.69) is 27.2 Å². The highest BCUT2D eigenvalue weighted by molar-refractivity contribution is 6.35. The molecule has 0 bridgehead atoms. The summed E-state index contributed by atoms with van der Waals surface area (Å²) < 4.78 is 0. The van der Waals surface area contributed by atoms with Gasteiger partial charge in [-0.05, 0) is 24.3 Å². The molecular weight excluding hydrogens is 283 g/mol. The van der Waals surface area contributed by atoms with Gasteiger partial charge in [-0.2, -0.15) is 4.98 Å². The van der Waals surface area contributed by atoms with Crippen LogP contribution in [0.2, 0.25) is 10.0 Å². The molecule has 0 fully saturated rings. The Kier molecular flexibility index (Phi) is 4.60. The lowest BCUT2D eigenvalue weighted by molar-refractivity contribution is 1.14. The van der Waals surface area contributed by atoms with E-state index in [0.717, 1.165) is 5.69 Å². The average Bonchev–Trinajstić information content (AvgIpc) is 2.35. The van der Waals surface area contributed by atoms with Gasteiger partial charge in [0.2, 0.25) is 5.95 Å². The van der Waals surface area contributed by atoms with Gasteiger partial charge in [0.05, 0.1) is 0 Å². The van der Waals surface area contributed by atoms with Gasteiger partial charge in [0.25, 0.3) is 0 Å². The standard InChI is InChI=1S/C13H12Cl2N4/c1-2-4-16-12-3-5-17-13(19-12)18-11-7-9(14)6-10(15)8-11/h2-3,5-8H,1,4H2,(H2,16,17,18,19). The molecule has 2 N–H and O–H groups in total. The second kappa shape index (κ2) is 6.41. The molecule has 0 spiro atoms. The van der Waals surface area contributed by atoms with E-state index >= 15 is 0 Å². The first kappa shape index (κ1) is 13.6. The molecule has 4 nitrogen and oxygen atoms in total. The normalized spacial score (nSPS) is 10.0. The Bertz CT molecular complexity index is 566. The Morgan fingerprint density at radius 2 is 1.95 bits per heavy atom. The lowest BCUT2D eigenvalue weighted by atomic mass is 10.3. The van der Waals surface area contributed by atoms with E-state index in [1.54, 1.807) is 36.5 Å². The van der Waals surface area contributed by atoms with E-state index in [-0.39, 0.29) is 0 Å². The largest absolute Gasteiger partial charge is 0.366 e. The molecule has 0 radical (unpaired) electrons. The number of nitrogens with one attached hydrogen (secondary N) is 2. The van der Waals surface area contributed by atoms with E-state index in [1.165, 1.54) is 0 Å². The summed E-state index contributed by atoms with van der Waals surface area (Å²) in [7, 11) is 0. The van der Waals surface area contributed by atoms with E-state index < -0.39 is 0 Å². The molecule has 0 unspecified atom stereocenters. The van der Waals surface area contributed by atoms with E-state index in [4.69, 9.17) is 23.2 Å². The Balaban J connectivity index is 2.15. The average molecular weight is 295 g/mol. The van der Waals surface area contributed by atoms with Crippen LogP contribution in [0.15, 0.2) is 43.1 Å². The summed E-state index contributed by atoms with van der Waals surface area (Å²) >= 11 is 11.9. The second-order valence-corrected chi connectivity index (χ2v) is 4.59. The van der Waals surface area contributed by atoms with Crippen LogP contribution in [0.4, 0.5) is 17.5 Å². The maximum Gasteiger partial charge on any atom is 0.229 e. The molecule has 2 aromatic rings. The van der Waals surface area contributed by atoms with Gasteiger partial charge in [0.15, 0.2) is 0 Å². The monoisotopic (exact) mass is 294 g/mol. The minimum Gasteiger partial charge on any atom is -0.366 e. The van der Waals surface area contributed by atoms with Crippen LogP contribution in [0.1, 0.15) is 0 Å². The quantitative estimate of drug-likeness (QED) is 0.814. The highest BCUT2D eigenvalue weighted by Gasteiger charge is 2.02. The molecule has 0 amide bonds. The smallest absolute Gasteiger partial charge is 0.229 e. The van der Waals surface area contributed by atoms with Crippen molar-refractivity contribution in [1.82, 2.24) is 9.97 Å². The Hall–Kier alpha value is -1.78. The number of aromatic nitrogens is 2. The molecule has 1 aromatic heterocycles. The predicted molar refractivity (Wildman–Crippen MR) is 80.5 cm³/mol. The maximum atomic E-state index is 5.93. The summed E-state index contributed by atoms with van der Waals surface area (Å²) in [6, 6.07) is 6.94. The number of hydrogen-bond acceptors (Lipinski definition) is 4. The first-order valence-electron chi connectivity index (χ1n) is 5.58. The fourth-order valence-corrected chi connectivity index (χ4v) is 1.98. The topological polar surface area (TPSA) is 49.8 Å². The number of benzene rings is 1. The summed E-state index contributed by atoms with van der Waals surface area (Å²) in [5, 5.41) is 7.23. The highest BCUT2D eigenvalue weighted by Crippen LogP contribution is 2.24. The molecule has 1 heterocycles. The Morgan fingerprint density at radius 1 is 1.21 bits per heavy atom. The van der Waals surface area contributed by atoms with Gasteiger partial charge in [-0.15, -0.1) is 6.58 Å². The number of nitrogens with zero attached hydrogens (tertiary/aromatic N) is 2. The van der Waals surface area contributed by atoms with Crippen molar-refractivity contribution in [2.75, 3.05) is 17.2 Å². The third-order valence-electron chi connectivity index (χ3n) is 2.20. The van der Waals surface area contributed by atoms with Crippen molar-refractivity contribution >= 4 is 40.7 Å². The SMILES string of the molecule is C=CCNc1ccnc(Nc2cc(Cl)cc(Cl)c2)n1. The van der Waals surface area contributed by atoms with Crippen molar-refractivity contribution in [2.45, 2.75) is 0 Å². The number of anilines is 3. The molecule has 1 aromatic carbocycles. The fraction of sp³-hybridized carbons (Fsp3) is 0.0769. The first-order valence-corrected chi connectivity index (χ1v) is 6.34. The lowest BCUT2D eigenvalue weighted by Gasteiger charge is -2.08. The summed E-state index contributed by atoms with van der Waals surface area (Å²) in [6.07, 6.45) is 3.42. The Labute approximate surface area is 121 Å². The van der Waals surface area contributed by atoms with Crippen LogP contribution in [0, 0.1) is 0 Å². The van der Waals surface area contributed by atoms with Crippen LogP contribution in [-0.2, 0) is 0 Å². The van der Waals surface area contributed by atoms with Crippen molar-refractivity contribution in [1.29, 1.82) is 0 Å². The van der Waals surface area contributed by atoms with Crippen LogP contribution in [0.3, 0.4) is 0 Å². The van der Waals surface area contributed by atoms with E-state index in [1.807, 2.05) is 0 Å². The van der Waals surface area contributed by atoms with Gasteiger partial charge in [-0.3, -0.25) is 0 Å². The molecule has 0 aliphatic carbocycles.